The Hall–Kier alpha value is -3.37. The third kappa shape index (κ3) is 3.55. The molecule has 29 heavy (non-hydrogen) atoms. The summed E-state index contributed by atoms with van der Waals surface area (Å²) >= 11 is 7.46. The number of amides is 1. The van der Waals surface area contributed by atoms with E-state index in [0.29, 0.717) is 16.5 Å². The fourth-order valence-electron chi connectivity index (χ4n) is 2.76. The molecule has 0 fully saturated rings. The van der Waals surface area contributed by atoms with Gasteiger partial charge in [-0.25, -0.2) is 0 Å². The van der Waals surface area contributed by atoms with E-state index >= 15 is 0 Å². The van der Waals surface area contributed by atoms with Crippen LogP contribution in [0.15, 0.2) is 36.4 Å². The van der Waals surface area contributed by atoms with E-state index in [1.54, 1.807) is 10.6 Å². The number of carbonyl (C=O) groups is 1. The predicted molar refractivity (Wildman–Crippen MR) is 110 cm³/mol. The molecule has 9 nitrogen and oxygen atoms in total. The second-order valence-electron chi connectivity index (χ2n) is 6.25. The molecule has 0 unspecified atom stereocenters. The molecule has 4 rings (SSSR count). The van der Waals surface area contributed by atoms with Crippen LogP contribution >= 0.6 is 22.9 Å². The summed E-state index contributed by atoms with van der Waals surface area (Å²) < 4.78 is 1.68. The van der Waals surface area contributed by atoms with Gasteiger partial charge in [0.05, 0.1) is 15.5 Å². The van der Waals surface area contributed by atoms with Gasteiger partial charge in [-0.3, -0.25) is 14.9 Å². The molecule has 0 aliphatic rings. The Morgan fingerprint density at radius 1 is 1.21 bits per heavy atom. The molecule has 0 radical (unpaired) electrons. The van der Waals surface area contributed by atoms with Crippen molar-refractivity contribution in [3.05, 3.63) is 68.5 Å². The number of fused-ring (bicyclic) bond motifs is 1. The van der Waals surface area contributed by atoms with Gasteiger partial charge in [-0.05, 0) is 43.7 Å². The standard InChI is InChI=1S/C18H13ClN6O3S/c1-9-7-11(17-23-24-10(2)21-22-18(24)29-17)3-6-15(9)20-16(26)13-8-12(25(27)28)4-5-14(13)19/h3-8H,1-2H3,(H,20,26). The summed E-state index contributed by atoms with van der Waals surface area (Å²) in [4.78, 5) is 23.7. The lowest BCUT2D eigenvalue weighted by molar-refractivity contribution is -0.384. The summed E-state index contributed by atoms with van der Waals surface area (Å²) in [7, 11) is 0. The number of hydrogen-bond acceptors (Lipinski definition) is 7. The summed E-state index contributed by atoms with van der Waals surface area (Å²) in [6.07, 6.45) is 0. The molecule has 1 amide bonds. The van der Waals surface area contributed by atoms with E-state index in [0.717, 1.165) is 22.2 Å². The number of nitro groups is 1. The van der Waals surface area contributed by atoms with E-state index in [9.17, 15) is 14.9 Å². The molecule has 0 saturated heterocycles. The number of nitrogens with zero attached hydrogens (tertiary/aromatic N) is 5. The molecule has 2 aromatic heterocycles. The highest BCUT2D eigenvalue weighted by Gasteiger charge is 2.17. The molecule has 0 aliphatic heterocycles. The minimum absolute atomic E-state index is 0.0356. The minimum atomic E-state index is -0.574. The average molecular weight is 429 g/mol. The largest absolute Gasteiger partial charge is 0.322 e. The summed E-state index contributed by atoms with van der Waals surface area (Å²) in [5.74, 6) is 0.181. The second-order valence-corrected chi connectivity index (χ2v) is 7.62. The molecule has 146 valence electrons. The van der Waals surface area contributed by atoms with Gasteiger partial charge in [-0.1, -0.05) is 22.9 Å². The van der Waals surface area contributed by atoms with Gasteiger partial charge in [0.25, 0.3) is 11.6 Å². The van der Waals surface area contributed by atoms with Gasteiger partial charge in [-0.15, -0.1) is 10.2 Å². The number of non-ortho nitro benzene ring substituents is 1. The van der Waals surface area contributed by atoms with Gasteiger partial charge in [0.15, 0.2) is 5.82 Å². The van der Waals surface area contributed by atoms with Crippen LogP contribution < -0.4 is 5.32 Å². The Kier molecular flexibility index (Phi) is 4.73. The van der Waals surface area contributed by atoms with E-state index in [-0.39, 0.29) is 16.3 Å². The summed E-state index contributed by atoms with van der Waals surface area (Å²) in [6.45, 7) is 3.67. The van der Waals surface area contributed by atoms with E-state index in [4.69, 9.17) is 11.6 Å². The molecular weight excluding hydrogens is 416 g/mol. The number of rotatable bonds is 4. The number of benzene rings is 2. The molecule has 0 saturated carbocycles. The topological polar surface area (TPSA) is 115 Å². The van der Waals surface area contributed by atoms with Crippen molar-refractivity contribution in [2.45, 2.75) is 13.8 Å². The van der Waals surface area contributed by atoms with Crippen LogP contribution in [0, 0.1) is 24.0 Å². The van der Waals surface area contributed by atoms with Crippen molar-refractivity contribution in [3.63, 3.8) is 0 Å². The van der Waals surface area contributed by atoms with Crippen LogP contribution in [0.25, 0.3) is 15.5 Å². The Morgan fingerprint density at radius 2 is 2.00 bits per heavy atom. The number of nitro benzene ring substituents is 1. The number of aromatic nitrogens is 4. The first kappa shape index (κ1) is 19.0. The molecule has 2 aromatic carbocycles. The number of carbonyl (C=O) groups excluding carboxylic acids is 1. The van der Waals surface area contributed by atoms with Crippen molar-refractivity contribution in [2.24, 2.45) is 0 Å². The SMILES string of the molecule is Cc1cc(-c2nn3c(C)nnc3s2)ccc1NC(=O)c1cc([N+](=O)[O-])ccc1Cl. The fraction of sp³-hybridized carbons (Fsp3) is 0.111. The predicted octanol–water partition coefficient (Wildman–Crippen LogP) is 4.28. The van der Waals surface area contributed by atoms with Crippen LogP contribution in [0.1, 0.15) is 21.7 Å². The van der Waals surface area contributed by atoms with Crippen molar-refractivity contribution in [1.82, 2.24) is 19.8 Å². The molecule has 0 atom stereocenters. The zero-order valence-corrected chi connectivity index (χ0v) is 16.8. The van der Waals surface area contributed by atoms with Crippen LogP contribution in [-0.4, -0.2) is 30.6 Å². The number of anilines is 1. The van der Waals surface area contributed by atoms with E-state index in [1.807, 2.05) is 26.0 Å². The van der Waals surface area contributed by atoms with Gasteiger partial charge >= 0.3 is 0 Å². The van der Waals surface area contributed by atoms with Gasteiger partial charge in [0.2, 0.25) is 4.96 Å². The number of nitrogens with one attached hydrogen (secondary N) is 1. The highest BCUT2D eigenvalue weighted by atomic mass is 35.5. The normalized spacial score (nSPS) is 11.0. The van der Waals surface area contributed by atoms with E-state index in [2.05, 4.69) is 20.6 Å². The first-order valence-electron chi connectivity index (χ1n) is 8.38. The number of aryl methyl sites for hydroxylation is 2. The van der Waals surface area contributed by atoms with Crippen LogP contribution in [0.3, 0.4) is 0 Å². The number of hydrogen-bond donors (Lipinski definition) is 1. The monoisotopic (exact) mass is 428 g/mol. The van der Waals surface area contributed by atoms with Crippen molar-refractivity contribution in [3.8, 4) is 10.6 Å². The van der Waals surface area contributed by atoms with Crippen molar-refractivity contribution in [2.75, 3.05) is 5.32 Å². The highest BCUT2D eigenvalue weighted by Crippen LogP contribution is 2.29. The van der Waals surface area contributed by atoms with Crippen LogP contribution in [0.2, 0.25) is 5.02 Å². The third-order valence-corrected chi connectivity index (χ3v) is 5.55. The number of halogens is 1. The molecule has 0 spiro atoms. The van der Waals surface area contributed by atoms with E-state index in [1.165, 1.54) is 23.5 Å². The van der Waals surface area contributed by atoms with Gasteiger partial charge < -0.3 is 5.32 Å². The van der Waals surface area contributed by atoms with Gasteiger partial charge in [0, 0.05) is 23.4 Å². The van der Waals surface area contributed by atoms with Crippen LogP contribution in [0.5, 0.6) is 0 Å². The fourth-order valence-corrected chi connectivity index (χ4v) is 3.84. The Morgan fingerprint density at radius 3 is 2.69 bits per heavy atom. The molecule has 11 heteroatoms. The zero-order valence-electron chi connectivity index (χ0n) is 15.2. The first-order valence-corrected chi connectivity index (χ1v) is 9.58. The molecular formula is C18H13ClN6O3S. The maximum Gasteiger partial charge on any atom is 0.270 e. The smallest absolute Gasteiger partial charge is 0.270 e. The Labute approximate surface area is 173 Å². The molecule has 2 heterocycles. The maximum absolute atomic E-state index is 12.6. The maximum atomic E-state index is 12.6. The minimum Gasteiger partial charge on any atom is -0.322 e. The Bertz CT molecular complexity index is 1280. The average Bonchev–Trinajstić information content (AvgIpc) is 3.25. The summed E-state index contributed by atoms with van der Waals surface area (Å²) in [5.41, 5.74) is 2.09. The molecule has 4 aromatic rings. The molecule has 0 aliphatic carbocycles. The van der Waals surface area contributed by atoms with Gasteiger partial charge in [-0.2, -0.15) is 9.61 Å². The van der Waals surface area contributed by atoms with Crippen LogP contribution in [0.4, 0.5) is 11.4 Å². The van der Waals surface area contributed by atoms with E-state index < -0.39 is 10.8 Å². The lowest BCUT2D eigenvalue weighted by Crippen LogP contribution is -2.13. The Balaban J connectivity index is 1.61. The quantitative estimate of drug-likeness (QED) is 0.383. The zero-order chi connectivity index (χ0) is 20.7. The lowest BCUT2D eigenvalue weighted by Gasteiger charge is -2.10. The lowest BCUT2D eigenvalue weighted by atomic mass is 10.1. The molecule has 0 bridgehead atoms. The summed E-state index contributed by atoms with van der Waals surface area (Å²) in [6, 6.07) is 9.22. The van der Waals surface area contributed by atoms with Crippen molar-refractivity contribution in [1.29, 1.82) is 0 Å². The second kappa shape index (κ2) is 7.22. The van der Waals surface area contributed by atoms with Gasteiger partial charge in [0.1, 0.15) is 5.01 Å². The highest BCUT2D eigenvalue weighted by molar-refractivity contribution is 7.19. The first-order chi connectivity index (χ1) is 13.8. The summed E-state index contributed by atoms with van der Waals surface area (Å²) in [5, 5.41) is 27.1. The van der Waals surface area contributed by atoms with Crippen molar-refractivity contribution < 1.29 is 9.72 Å². The third-order valence-electron chi connectivity index (χ3n) is 4.27. The molecule has 1 N–H and O–H groups in total. The van der Waals surface area contributed by atoms with Crippen LogP contribution in [-0.2, 0) is 0 Å². The van der Waals surface area contributed by atoms with Crippen molar-refractivity contribution >= 4 is 45.2 Å².